The molecular formula is C24H36O5Zn. The second-order valence-electron chi connectivity index (χ2n) is 9.36. The van der Waals surface area contributed by atoms with Gasteiger partial charge in [-0.25, -0.2) is 0 Å². The number of hydrogen-bond donors (Lipinski definition) is 1. The molecule has 0 bridgehead atoms. The average molecular weight is 470 g/mol. The average Bonchev–Trinajstić information content (AvgIpc) is 2.65. The molecule has 1 aliphatic heterocycles. The van der Waals surface area contributed by atoms with E-state index in [4.69, 9.17) is 9.47 Å². The standard InChI is InChI=1S/C24H36O5.Zn/c1-5-15(3)24(27)29-21-11-14(2)10-17-7-6-16(4)20(23(17)21)9-8-19-12-18(25)13-22(26)28-19;/h6-7,10,14-16,18-21,23,25H,5,8-9,11-13H2,1-4H3;/t14-,15?,16-,18+,19+,20-,21-,23-;/m0./s1. The van der Waals surface area contributed by atoms with Crippen LogP contribution in [-0.4, -0.2) is 35.4 Å². The molecule has 1 unspecified atom stereocenters. The van der Waals surface area contributed by atoms with E-state index >= 15 is 0 Å². The number of ether oxygens (including phenoxy) is 2. The van der Waals surface area contributed by atoms with E-state index in [0.717, 1.165) is 25.7 Å². The molecule has 1 N–H and O–H groups in total. The Bertz CT molecular complexity index is 673. The topological polar surface area (TPSA) is 72.8 Å². The summed E-state index contributed by atoms with van der Waals surface area (Å²) in [6, 6.07) is 0. The molecule has 0 aromatic heterocycles. The Morgan fingerprint density at radius 2 is 2.03 bits per heavy atom. The maximum absolute atomic E-state index is 12.5. The van der Waals surface area contributed by atoms with Gasteiger partial charge >= 0.3 is 11.9 Å². The maximum atomic E-state index is 12.5. The minimum absolute atomic E-state index is 0. The molecule has 1 saturated heterocycles. The van der Waals surface area contributed by atoms with Gasteiger partial charge in [-0.2, -0.15) is 0 Å². The number of aliphatic hydroxyl groups is 1. The first kappa shape index (κ1) is 25.3. The van der Waals surface area contributed by atoms with Gasteiger partial charge in [-0.3, -0.25) is 9.59 Å². The van der Waals surface area contributed by atoms with Crippen LogP contribution in [0.5, 0.6) is 0 Å². The number of hydrogen-bond acceptors (Lipinski definition) is 5. The van der Waals surface area contributed by atoms with Gasteiger partial charge in [0.25, 0.3) is 0 Å². The van der Waals surface area contributed by atoms with Crippen LogP contribution in [0.4, 0.5) is 0 Å². The van der Waals surface area contributed by atoms with Crippen molar-refractivity contribution in [3.63, 3.8) is 0 Å². The van der Waals surface area contributed by atoms with E-state index in [1.165, 1.54) is 5.57 Å². The summed E-state index contributed by atoms with van der Waals surface area (Å²) in [6.45, 7) is 8.33. The molecule has 0 aromatic rings. The Labute approximate surface area is 193 Å². The molecule has 30 heavy (non-hydrogen) atoms. The normalized spacial score (nSPS) is 36.6. The van der Waals surface area contributed by atoms with Gasteiger partial charge in [0.2, 0.25) is 0 Å². The second kappa shape index (κ2) is 11.0. The van der Waals surface area contributed by atoms with Gasteiger partial charge in [0.15, 0.2) is 0 Å². The van der Waals surface area contributed by atoms with Gasteiger partial charge in [0.05, 0.1) is 18.4 Å². The Balaban J connectivity index is 0.00000320. The third-order valence-electron chi connectivity index (χ3n) is 6.93. The van der Waals surface area contributed by atoms with Crippen LogP contribution in [0, 0.1) is 29.6 Å². The summed E-state index contributed by atoms with van der Waals surface area (Å²) >= 11 is 0. The summed E-state index contributed by atoms with van der Waals surface area (Å²) < 4.78 is 11.5. The van der Waals surface area contributed by atoms with Crippen molar-refractivity contribution < 1.29 is 43.6 Å². The molecule has 6 heteroatoms. The SMILES string of the molecule is CCC(C)C(=O)O[C@H]1C[C@@H](C)C=C2C=C[C@H](C)[C@H](CC[C@@H]3C[C@@H](O)CC(=O)O3)[C@H]21.[Zn]. The van der Waals surface area contributed by atoms with E-state index in [9.17, 15) is 14.7 Å². The van der Waals surface area contributed by atoms with Crippen molar-refractivity contribution in [1.29, 1.82) is 0 Å². The number of allylic oxidation sites excluding steroid dienone is 3. The summed E-state index contributed by atoms with van der Waals surface area (Å²) in [4.78, 5) is 24.2. The smallest absolute Gasteiger partial charge is 0.308 e. The summed E-state index contributed by atoms with van der Waals surface area (Å²) in [5.41, 5.74) is 1.27. The predicted octanol–water partition coefficient (Wildman–Crippen LogP) is 4.19. The Morgan fingerprint density at radius 3 is 2.70 bits per heavy atom. The quantitative estimate of drug-likeness (QED) is 0.466. The van der Waals surface area contributed by atoms with Crippen molar-refractivity contribution in [2.24, 2.45) is 29.6 Å². The fourth-order valence-electron chi connectivity index (χ4n) is 5.07. The zero-order valence-electron chi connectivity index (χ0n) is 18.9. The van der Waals surface area contributed by atoms with Crippen LogP contribution in [0.1, 0.15) is 66.2 Å². The van der Waals surface area contributed by atoms with Gasteiger partial charge in [-0.1, -0.05) is 45.9 Å². The van der Waals surface area contributed by atoms with E-state index in [0.29, 0.717) is 24.2 Å². The molecule has 5 nitrogen and oxygen atoms in total. The van der Waals surface area contributed by atoms with Gasteiger partial charge in [0.1, 0.15) is 12.2 Å². The maximum Gasteiger partial charge on any atom is 0.308 e. The fraction of sp³-hybridized carbons (Fsp3) is 0.750. The zero-order chi connectivity index (χ0) is 21.1. The number of carbonyl (C=O) groups is 2. The molecule has 0 radical (unpaired) electrons. The van der Waals surface area contributed by atoms with Crippen LogP contribution in [0.25, 0.3) is 0 Å². The monoisotopic (exact) mass is 468 g/mol. The molecule has 1 heterocycles. The van der Waals surface area contributed by atoms with Crippen LogP contribution in [0.2, 0.25) is 0 Å². The predicted molar refractivity (Wildman–Crippen MR) is 111 cm³/mol. The third-order valence-corrected chi connectivity index (χ3v) is 6.93. The van der Waals surface area contributed by atoms with Crippen LogP contribution < -0.4 is 0 Å². The number of aliphatic hydroxyl groups excluding tert-OH is 1. The molecule has 1 fully saturated rings. The molecule has 3 aliphatic rings. The van der Waals surface area contributed by atoms with Crippen LogP contribution in [0.3, 0.4) is 0 Å². The van der Waals surface area contributed by atoms with Crippen LogP contribution in [0.15, 0.2) is 23.8 Å². The summed E-state index contributed by atoms with van der Waals surface area (Å²) in [6.07, 6.45) is 9.70. The zero-order valence-corrected chi connectivity index (χ0v) is 21.8. The first-order valence-corrected chi connectivity index (χ1v) is 11.3. The number of cyclic esters (lactones) is 1. The number of rotatable bonds is 6. The Hall–Kier alpha value is -0.997. The Morgan fingerprint density at radius 1 is 1.30 bits per heavy atom. The first-order valence-electron chi connectivity index (χ1n) is 11.3. The first-order chi connectivity index (χ1) is 13.8. The van der Waals surface area contributed by atoms with Crippen molar-refractivity contribution in [3.8, 4) is 0 Å². The summed E-state index contributed by atoms with van der Waals surface area (Å²) in [5.74, 6) is 0.755. The molecule has 0 aromatic carbocycles. The number of fused-ring (bicyclic) bond motifs is 1. The van der Waals surface area contributed by atoms with Crippen molar-refractivity contribution in [1.82, 2.24) is 0 Å². The van der Waals surface area contributed by atoms with Crippen molar-refractivity contribution in [2.75, 3.05) is 0 Å². The van der Waals surface area contributed by atoms with E-state index in [-0.39, 0.29) is 61.9 Å². The Kier molecular flexibility index (Phi) is 9.30. The second-order valence-corrected chi connectivity index (χ2v) is 9.36. The molecule has 0 amide bonds. The largest absolute Gasteiger partial charge is 0.462 e. The van der Waals surface area contributed by atoms with Gasteiger partial charge < -0.3 is 14.6 Å². The summed E-state index contributed by atoms with van der Waals surface area (Å²) in [5, 5.41) is 9.89. The molecule has 2 aliphatic carbocycles. The van der Waals surface area contributed by atoms with Crippen molar-refractivity contribution in [3.05, 3.63) is 23.8 Å². The van der Waals surface area contributed by atoms with E-state index < -0.39 is 6.10 Å². The van der Waals surface area contributed by atoms with Crippen LogP contribution >= 0.6 is 0 Å². The number of esters is 2. The minimum atomic E-state index is -0.597. The molecule has 8 atom stereocenters. The fourth-order valence-corrected chi connectivity index (χ4v) is 5.07. The van der Waals surface area contributed by atoms with E-state index in [2.05, 4.69) is 32.1 Å². The van der Waals surface area contributed by atoms with Gasteiger partial charge in [-0.15, -0.1) is 0 Å². The van der Waals surface area contributed by atoms with Gasteiger partial charge in [0, 0.05) is 31.8 Å². The van der Waals surface area contributed by atoms with E-state index in [1.54, 1.807) is 0 Å². The molecule has 164 valence electrons. The molecule has 0 saturated carbocycles. The minimum Gasteiger partial charge on any atom is -0.462 e. The van der Waals surface area contributed by atoms with E-state index in [1.807, 2.05) is 13.8 Å². The molecule has 0 spiro atoms. The van der Waals surface area contributed by atoms with Crippen molar-refractivity contribution >= 4 is 11.9 Å². The van der Waals surface area contributed by atoms with Gasteiger partial charge in [-0.05, 0) is 49.0 Å². The summed E-state index contributed by atoms with van der Waals surface area (Å²) in [7, 11) is 0. The number of carbonyl (C=O) groups excluding carboxylic acids is 2. The van der Waals surface area contributed by atoms with Crippen LogP contribution in [-0.2, 0) is 38.5 Å². The third kappa shape index (κ3) is 6.04. The molecule has 3 rings (SSSR count). The van der Waals surface area contributed by atoms with Crippen molar-refractivity contribution in [2.45, 2.75) is 84.5 Å². The molecular weight excluding hydrogens is 434 g/mol.